The highest BCUT2D eigenvalue weighted by atomic mass is 32.1. The quantitative estimate of drug-likeness (QED) is 0.171. The second-order valence-corrected chi connectivity index (χ2v) is 14.1. The first-order valence-electron chi connectivity index (χ1n) is 17.2. The molecule has 0 amide bonds. The molecule has 2 nitrogen and oxygen atoms in total. The average molecular weight is 667 g/mol. The summed E-state index contributed by atoms with van der Waals surface area (Å²) in [6.45, 7) is 0. The third-order valence-corrected chi connectivity index (χ3v) is 11.0. The van der Waals surface area contributed by atoms with Gasteiger partial charge in [-0.1, -0.05) is 146 Å². The van der Waals surface area contributed by atoms with E-state index in [-0.39, 0.29) is 0 Å². The van der Waals surface area contributed by atoms with Crippen LogP contribution in [-0.2, 0) is 0 Å². The van der Waals surface area contributed by atoms with Gasteiger partial charge in [-0.3, -0.25) is 0 Å². The predicted molar refractivity (Wildman–Crippen MR) is 217 cm³/mol. The van der Waals surface area contributed by atoms with Gasteiger partial charge >= 0.3 is 0 Å². The van der Waals surface area contributed by atoms with E-state index in [4.69, 9.17) is 9.97 Å². The summed E-state index contributed by atoms with van der Waals surface area (Å²) < 4.78 is 2.54. The van der Waals surface area contributed by atoms with Crippen LogP contribution in [0.4, 0.5) is 0 Å². The first-order chi connectivity index (χ1) is 25.2. The van der Waals surface area contributed by atoms with E-state index in [1.165, 1.54) is 31.3 Å². The van der Waals surface area contributed by atoms with Gasteiger partial charge in [0.1, 0.15) is 0 Å². The SMILES string of the molecule is c1ccc(-c2cc(-c3ccccc3)cc(-c3nc(-c4ccc5c(c4)sc4cc(-c6ccccc6)ccc45)c4ccc5ccccc5c4n3)c2)cc1. The Balaban J connectivity index is 1.20. The largest absolute Gasteiger partial charge is 0.227 e. The average Bonchev–Trinajstić information content (AvgIpc) is 3.58. The molecule has 51 heavy (non-hydrogen) atoms. The van der Waals surface area contributed by atoms with Gasteiger partial charge in [-0.05, 0) is 75.2 Å². The van der Waals surface area contributed by atoms with Gasteiger partial charge < -0.3 is 0 Å². The van der Waals surface area contributed by atoms with Gasteiger partial charge in [0.2, 0.25) is 0 Å². The second kappa shape index (κ2) is 12.2. The molecule has 0 bridgehead atoms. The highest BCUT2D eigenvalue weighted by Crippen LogP contribution is 2.41. The predicted octanol–water partition coefficient (Wildman–Crippen LogP) is 13.5. The molecule has 0 radical (unpaired) electrons. The van der Waals surface area contributed by atoms with Crippen LogP contribution in [-0.4, -0.2) is 9.97 Å². The fourth-order valence-corrected chi connectivity index (χ4v) is 8.48. The first-order valence-corrected chi connectivity index (χ1v) is 18.0. The number of aromatic nitrogens is 2. The lowest BCUT2D eigenvalue weighted by atomic mass is 9.95. The molecular formula is C48H30N2S. The Bertz CT molecular complexity index is 2840. The van der Waals surface area contributed by atoms with Crippen molar-refractivity contribution in [1.29, 1.82) is 0 Å². The summed E-state index contributed by atoms with van der Waals surface area (Å²) in [5.74, 6) is 0.716. The van der Waals surface area contributed by atoms with Gasteiger partial charge in [-0.15, -0.1) is 11.3 Å². The summed E-state index contributed by atoms with van der Waals surface area (Å²) in [7, 11) is 0. The van der Waals surface area contributed by atoms with Gasteiger partial charge in [0.25, 0.3) is 0 Å². The lowest BCUT2D eigenvalue weighted by molar-refractivity contribution is 1.23. The van der Waals surface area contributed by atoms with E-state index in [2.05, 4.69) is 182 Å². The van der Waals surface area contributed by atoms with E-state index in [0.717, 1.165) is 60.8 Å². The minimum Gasteiger partial charge on any atom is -0.227 e. The summed E-state index contributed by atoms with van der Waals surface area (Å²) in [5.41, 5.74) is 11.0. The highest BCUT2D eigenvalue weighted by molar-refractivity contribution is 7.25. The number of nitrogens with zero attached hydrogens (tertiary/aromatic N) is 2. The number of thiophene rings is 1. The van der Waals surface area contributed by atoms with Crippen molar-refractivity contribution in [2.75, 3.05) is 0 Å². The maximum Gasteiger partial charge on any atom is 0.160 e. The molecule has 10 aromatic rings. The summed E-state index contributed by atoms with van der Waals surface area (Å²) in [5, 5.41) is 5.89. The first kappa shape index (κ1) is 29.5. The van der Waals surface area contributed by atoms with Crippen molar-refractivity contribution in [3.05, 3.63) is 182 Å². The van der Waals surface area contributed by atoms with Gasteiger partial charge in [0, 0.05) is 42.1 Å². The molecule has 238 valence electrons. The monoisotopic (exact) mass is 666 g/mol. The molecule has 2 aromatic heterocycles. The second-order valence-electron chi connectivity index (χ2n) is 13.0. The topological polar surface area (TPSA) is 25.8 Å². The smallest absolute Gasteiger partial charge is 0.160 e. The Labute approximate surface area is 300 Å². The maximum absolute atomic E-state index is 5.43. The van der Waals surface area contributed by atoms with E-state index in [0.29, 0.717) is 5.82 Å². The molecule has 0 saturated heterocycles. The Kier molecular flexibility index (Phi) is 7.04. The number of benzene rings is 8. The zero-order valence-corrected chi connectivity index (χ0v) is 28.4. The van der Waals surface area contributed by atoms with Crippen molar-refractivity contribution < 1.29 is 0 Å². The minimum atomic E-state index is 0.716. The molecular weight excluding hydrogens is 637 g/mol. The van der Waals surface area contributed by atoms with Gasteiger partial charge in [0.05, 0.1) is 11.2 Å². The summed E-state index contributed by atoms with van der Waals surface area (Å²) >= 11 is 1.84. The van der Waals surface area contributed by atoms with Gasteiger partial charge in [0.15, 0.2) is 5.82 Å². The van der Waals surface area contributed by atoms with Crippen LogP contribution < -0.4 is 0 Å². The number of rotatable bonds is 5. The number of hydrogen-bond donors (Lipinski definition) is 0. The molecule has 10 rings (SSSR count). The van der Waals surface area contributed by atoms with Crippen molar-refractivity contribution in [3.63, 3.8) is 0 Å². The Morgan fingerprint density at radius 3 is 1.47 bits per heavy atom. The van der Waals surface area contributed by atoms with Crippen molar-refractivity contribution in [2.45, 2.75) is 0 Å². The lowest BCUT2D eigenvalue weighted by Crippen LogP contribution is -1.97. The van der Waals surface area contributed by atoms with Crippen LogP contribution in [0, 0.1) is 0 Å². The standard InChI is InChI=1S/C48H30N2S/c1-4-12-31(13-5-1)35-21-23-41-42-24-22-36(30-45(42)51-44(41)29-35)46-43-25-20-34-18-10-11-19-40(34)47(43)50-48(49-46)39-27-37(32-14-6-2-7-15-32)26-38(28-39)33-16-8-3-9-17-33/h1-30H. The fourth-order valence-electron chi connectivity index (χ4n) is 7.30. The van der Waals surface area contributed by atoms with E-state index >= 15 is 0 Å². The summed E-state index contributed by atoms with van der Waals surface area (Å²) in [4.78, 5) is 10.8. The Morgan fingerprint density at radius 1 is 0.314 bits per heavy atom. The van der Waals surface area contributed by atoms with E-state index in [1.807, 2.05) is 11.3 Å². The van der Waals surface area contributed by atoms with Crippen LogP contribution >= 0.6 is 11.3 Å². The van der Waals surface area contributed by atoms with E-state index in [9.17, 15) is 0 Å². The number of fused-ring (bicyclic) bond motifs is 6. The Hall–Kier alpha value is -6.42. The van der Waals surface area contributed by atoms with Gasteiger partial charge in [-0.2, -0.15) is 0 Å². The van der Waals surface area contributed by atoms with Crippen LogP contribution in [0.15, 0.2) is 182 Å². The molecule has 0 fully saturated rings. The third-order valence-electron chi connectivity index (χ3n) is 9.85. The van der Waals surface area contributed by atoms with Crippen LogP contribution in [0.3, 0.4) is 0 Å². The minimum absolute atomic E-state index is 0.716. The molecule has 0 aliphatic heterocycles. The zero-order valence-electron chi connectivity index (χ0n) is 27.6. The molecule has 0 atom stereocenters. The van der Waals surface area contributed by atoms with Crippen molar-refractivity contribution >= 4 is 53.2 Å². The fraction of sp³-hybridized carbons (Fsp3) is 0. The van der Waals surface area contributed by atoms with Crippen molar-refractivity contribution in [3.8, 4) is 56.0 Å². The molecule has 8 aromatic carbocycles. The lowest BCUT2D eigenvalue weighted by Gasteiger charge is -2.14. The molecule has 3 heteroatoms. The van der Waals surface area contributed by atoms with E-state index < -0.39 is 0 Å². The Morgan fingerprint density at radius 2 is 0.824 bits per heavy atom. The maximum atomic E-state index is 5.43. The zero-order chi connectivity index (χ0) is 33.7. The summed E-state index contributed by atoms with van der Waals surface area (Å²) in [6.07, 6.45) is 0. The molecule has 0 aliphatic rings. The van der Waals surface area contributed by atoms with Gasteiger partial charge in [-0.25, -0.2) is 9.97 Å². The van der Waals surface area contributed by atoms with Crippen LogP contribution in [0.1, 0.15) is 0 Å². The summed E-state index contributed by atoms with van der Waals surface area (Å²) in [6, 6.07) is 65.0. The molecule has 0 saturated carbocycles. The number of hydrogen-bond acceptors (Lipinski definition) is 3. The third kappa shape index (κ3) is 5.27. The molecule has 0 unspecified atom stereocenters. The highest BCUT2D eigenvalue weighted by Gasteiger charge is 2.17. The normalized spacial score (nSPS) is 11.5. The van der Waals surface area contributed by atoms with Crippen LogP contribution in [0.5, 0.6) is 0 Å². The van der Waals surface area contributed by atoms with Crippen LogP contribution in [0.25, 0.3) is 97.9 Å². The molecule has 0 N–H and O–H groups in total. The van der Waals surface area contributed by atoms with E-state index in [1.54, 1.807) is 0 Å². The van der Waals surface area contributed by atoms with Crippen LogP contribution in [0.2, 0.25) is 0 Å². The van der Waals surface area contributed by atoms with Crippen molar-refractivity contribution in [2.24, 2.45) is 0 Å². The molecule has 0 spiro atoms. The van der Waals surface area contributed by atoms with Crippen molar-refractivity contribution in [1.82, 2.24) is 9.97 Å². The molecule has 0 aliphatic carbocycles. The molecule has 2 heterocycles.